The average molecular weight is 377 g/mol. The van der Waals surface area contributed by atoms with Gasteiger partial charge in [0.15, 0.2) is 5.82 Å². The lowest BCUT2D eigenvalue weighted by Gasteiger charge is -2.26. The Kier molecular flexibility index (Phi) is 6.42. The predicted octanol–water partition coefficient (Wildman–Crippen LogP) is 4.82. The lowest BCUT2D eigenvalue weighted by molar-refractivity contribution is 0.244. The third-order valence-electron chi connectivity index (χ3n) is 4.14. The summed E-state index contributed by atoms with van der Waals surface area (Å²) in [6.45, 7) is 8.98. The molecule has 0 saturated heterocycles. The van der Waals surface area contributed by atoms with Crippen molar-refractivity contribution in [3.05, 3.63) is 66.4 Å². The average Bonchev–Trinajstić information content (AvgIpc) is 2.68. The SMILES string of the molecule is CC(C)Oc1ccccc1Nc1cnnc(N(Cc2ccccc2)C(C)C)n1. The summed E-state index contributed by atoms with van der Waals surface area (Å²) in [5.41, 5.74) is 2.05. The van der Waals surface area contributed by atoms with Gasteiger partial charge in [-0.1, -0.05) is 42.5 Å². The molecule has 0 bridgehead atoms. The standard InChI is InChI=1S/C22H27N5O/c1-16(2)27(15-18-10-6-5-7-11-18)22-25-21(14-23-26-22)24-19-12-8-9-13-20(19)28-17(3)4/h5-14,16-17H,15H2,1-4H3,(H,24,25,26). The van der Waals surface area contributed by atoms with E-state index in [2.05, 4.69) is 46.4 Å². The van der Waals surface area contributed by atoms with Crippen LogP contribution in [-0.4, -0.2) is 27.3 Å². The number of benzene rings is 2. The minimum Gasteiger partial charge on any atom is -0.489 e. The molecule has 3 aromatic rings. The number of anilines is 3. The Hall–Kier alpha value is -3.15. The Morgan fingerprint density at radius 1 is 0.964 bits per heavy atom. The first kappa shape index (κ1) is 19.6. The molecule has 3 rings (SSSR count). The van der Waals surface area contributed by atoms with Crippen LogP contribution in [0, 0.1) is 0 Å². The van der Waals surface area contributed by atoms with Gasteiger partial charge >= 0.3 is 0 Å². The Balaban J connectivity index is 1.83. The van der Waals surface area contributed by atoms with Crippen LogP contribution in [0.2, 0.25) is 0 Å². The topological polar surface area (TPSA) is 63.2 Å². The number of para-hydroxylation sites is 2. The van der Waals surface area contributed by atoms with Crippen LogP contribution in [0.4, 0.5) is 17.5 Å². The van der Waals surface area contributed by atoms with Crippen LogP contribution >= 0.6 is 0 Å². The number of ether oxygens (including phenoxy) is 1. The summed E-state index contributed by atoms with van der Waals surface area (Å²) in [6.07, 6.45) is 1.71. The van der Waals surface area contributed by atoms with Gasteiger partial charge in [0.25, 0.3) is 0 Å². The third kappa shape index (κ3) is 5.19. The maximum absolute atomic E-state index is 5.88. The molecule has 0 aliphatic heterocycles. The van der Waals surface area contributed by atoms with Gasteiger partial charge in [-0.2, -0.15) is 10.1 Å². The van der Waals surface area contributed by atoms with E-state index in [4.69, 9.17) is 9.72 Å². The Morgan fingerprint density at radius 2 is 1.68 bits per heavy atom. The van der Waals surface area contributed by atoms with Crippen molar-refractivity contribution < 1.29 is 4.74 Å². The first-order valence-corrected chi connectivity index (χ1v) is 9.56. The van der Waals surface area contributed by atoms with E-state index in [1.807, 2.05) is 56.3 Å². The molecular formula is C22H27N5O. The Bertz CT molecular complexity index is 883. The molecule has 0 aliphatic carbocycles. The van der Waals surface area contributed by atoms with Crippen LogP contribution in [0.3, 0.4) is 0 Å². The normalized spacial score (nSPS) is 10.9. The van der Waals surface area contributed by atoms with E-state index in [9.17, 15) is 0 Å². The molecule has 0 saturated carbocycles. The molecule has 0 fully saturated rings. The highest BCUT2D eigenvalue weighted by Gasteiger charge is 2.16. The molecule has 0 radical (unpaired) electrons. The van der Waals surface area contributed by atoms with Gasteiger partial charge in [-0.15, -0.1) is 5.10 Å². The molecule has 6 nitrogen and oxygen atoms in total. The minimum absolute atomic E-state index is 0.0874. The molecule has 0 spiro atoms. The highest BCUT2D eigenvalue weighted by molar-refractivity contribution is 5.64. The highest BCUT2D eigenvalue weighted by Crippen LogP contribution is 2.28. The molecule has 1 aromatic heterocycles. The summed E-state index contributed by atoms with van der Waals surface area (Å²) in [5, 5.41) is 11.7. The molecule has 1 N–H and O–H groups in total. The highest BCUT2D eigenvalue weighted by atomic mass is 16.5. The molecule has 0 unspecified atom stereocenters. The van der Waals surface area contributed by atoms with Crippen LogP contribution in [-0.2, 0) is 6.54 Å². The minimum atomic E-state index is 0.0874. The first-order chi connectivity index (χ1) is 13.5. The van der Waals surface area contributed by atoms with Crippen LogP contribution in [0.5, 0.6) is 5.75 Å². The smallest absolute Gasteiger partial charge is 0.247 e. The predicted molar refractivity (Wildman–Crippen MR) is 113 cm³/mol. The van der Waals surface area contributed by atoms with Crippen molar-refractivity contribution in [2.45, 2.75) is 46.4 Å². The summed E-state index contributed by atoms with van der Waals surface area (Å²) in [4.78, 5) is 6.82. The fourth-order valence-electron chi connectivity index (χ4n) is 2.80. The molecule has 1 heterocycles. The molecule has 0 amide bonds. The maximum atomic E-state index is 5.88. The quantitative estimate of drug-likeness (QED) is 0.607. The summed E-state index contributed by atoms with van der Waals surface area (Å²) >= 11 is 0. The summed E-state index contributed by atoms with van der Waals surface area (Å²) in [7, 11) is 0. The van der Waals surface area contributed by atoms with Gasteiger partial charge < -0.3 is 15.0 Å². The number of rotatable bonds is 8. The molecule has 6 heteroatoms. The van der Waals surface area contributed by atoms with Crippen molar-refractivity contribution in [1.82, 2.24) is 15.2 Å². The van der Waals surface area contributed by atoms with Crippen LogP contribution < -0.4 is 15.0 Å². The Labute approximate surface area is 166 Å². The summed E-state index contributed by atoms with van der Waals surface area (Å²) in [5.74, 6) is 2.00. The van der Waals surface area contributed by atoms with E-state index in [-0.39, 0.29) is 12.1 Å². The second-order valence-corrected chi connectivity index (χ2v) is 7.14. The second kappa shape index (κ2) is 9.17. The van der Waals surface area contributed by atoms with Gasteiger partial charge in [-0.25, -0.2) is 0 Å². The zero-order valence-corrected chi connectivity index (χ0v) is 16.8. The monoisotopic (exact) mass is 377 g/mol. The zero-order valence-electron chi connectivity index (χ0n) is 16.8. The van der Waals surface area contributed by atoms with Crippen molar-refractivity contribution in [1.29, 1.82) is 0 Å². The van der Waals surface area contributed by atoms with Crippen molar-refractivity contribution >= 4 is 17.5 Å². The fraction of sp³-hybridized carbons (Fsp3) is 0.318. The summed E-state index contributed by atoms with van der Waals surface area (Å²) < 4.78 is 5.88. The number of aromatic nitrogens is 3. The van der Waals surface area contributed by atoms with Crippen LogP contribution in [0.25, 0.3) is 0 Å². The van der Waals surface area contributed by atoms with E-state index in [0.29, 0.717) is 11.8 Å². The largest absolute Gasteiger partial charge is 0.489 e. The third-order valence-corrected chi connectivity index (χ3v) is 4.14. The van der Waals surface area contributed by atoms with Gasteiger partial charge in [-0.3, -0.25) is 0 Å². The number of hydrogen-bond acceptors (Lipinski definition) is 6. The van der Waals surface area contributed by atoms with Gasteiger partial charge in [0.2, 0.25) is 5.95 Å². The van der Waals surface area contributed by atoms with E-state index in [1.54, 1.807) is 6.20 Å². The fourth-order valence-corrected chi connectivity index (χ4v) is 2.80. The maximum Gasteiger partial charge on any atom is 0.247 e. The molecular weight excluding hydrogens is 350 g/mol. The van der Waals surface area contributed by atoms with Crippen LogP contribution in [0.1, 0.15) is 33.3 Å². The van der Waals surface area contributed by atoms with Gasteiger partial charge in [0.1, 0.15) is 5.75 Å². The van der Waals surface area contributed by atoms with Crippen molar-refractivity contribution in [2.75, 3.05) is 10.2 Å². The lowest BCUT2D eigenvalue weighted by Crippen LogP contribution is -2.32. The second-order valence-electron chi connectivity index (χ2n) is 7.14. The van der Waals surface area contributed by atoms with E-state index in [1.165, 1.54) is 5.56 Å². The molecule has 2 aromatic carbocycles. The van der Waals surface area contributed by atoms with Crippen LogP contribution in [0.15, 0.2) is 60.8 Å². The van der Waals surface area contributed by atoms with Crippen molar-refractivity contribution in [3.63, 3.8) is 0 Å². The van der Waals surface area contributed by atoms with Gasteiger partial charge in [0, 0.05) is 12.6 Å². The molecule has 0 atom stereocenters. The van der Waals surface area contributed by atoms with E-state index < -0.39 is 0 Å². The number of nitrogens with one attached hydrogen (secondary N) is 1. The zero-order chi connectivity index (χ0) is 19.9. The lowest BCUT2D eigenvalue weighted by atomic mass is 10.2. The van der Waals surface area contributed by atoms with Gasteiger partial charge in [-0.05, 0) is 45.4 Å². The van der Waals surface area contributed by atoms with E-state index in [0.717, 1.165) is 18.0 Å². The van der Waals surface area contributed by atoms with E-state index >= 15 is 0 Å². The van der Waals surface area contributed by atoms with Crippen molar-refractivity contribution in [2.24, 2.45) is 0 Å². The molecule has 28 heavy (non-hydrogen) atoms. The first-order valence-electron chi connectivity index (χ1n) is 9.56. The molecule has 146 valence electrons. The molecule has 0 aliphatic rings. The number of hydrogen-bond donors (Lipinski definition) is 1. The van der Waals surface area contributed by atoms with Crippen molar-refractivity contribution in [3.8, 4) is 5.75 Å². The number of nitrogens with zero attached hydrogens (tertiary/aromatic N) is 4. The Morgan fingerprint density at radius 3 is 2.39 bits per heavy atom. The van der Waals surface area contributed by atoms with Gasteiger partial charge in [0.05, 0.1) is 18.0 Å². The summed E-state index contributed by atoms with van der Waals surface area (Å²) in [6, 6.07) is 18.3.